The molecule has 5 amide bonds. The highest BCUT2D eigenvalue weighted by Crippen LogP contribution is 2.33. The molecule has 2 aliphatic heterocycles. The molecule has 2 aromatic rings. The van der Waals surface area contributed by atoms with Crippen molar-refractivity contribution in [2.45, 2.75) is 25.3 Å². The zero-order chi connectivity index (χ0) is 29.3. The van der Waals surface area contributed by atoms with Gasteiger partial charge in [-0.1, -0.05) is 12.1 Å². The fourth-order valence-electron chi connectivity index (χ4n) is 4.42. The summed E-state index contributed by atoms with van der Waals surface area (Å²) in [6, 6.07) is 2.71. The molecule has 2 atom stereocenters. The van der Waals surface area contributed by atoms with E-state index >= 15 is 0 Å². The predicted octanol–water partition coefficient (Wildman–Crippen LogP) is -0.484. The third-order valence-corrected chi connectivity index (χ3v) is 6.55. The van der Waals surface area contributed by atoms with E-state index in [1.807, 2.05) is 0 Å². The van der Waals surface area contributed by atoms with Crippen LogP contribution in [0.4, 0.5) is 9.18 Å². The van der Waals surface area contributed by atoms with Gasteiger partial charge in [0.2, 0.25) is 5.91 Å². The second-order valence-corrected chi connectivity index (χ2v) is 9.02. The van der Waals surface area contributed by atoms with Gasteiger partial charge >= 0.3 is 30.9 Å². The number of piperazine rings is 1. The van der Waals surface area contributed by atoms with Gasteiger partial charge in [0.15, 0.2) is 11.5 Å². The number of benzene rings is 2. The number of nitrogens with zero attached hydrogens (tertiary/aromatic N) is 2. The lowest BCUT2D eigenvalue weighted by molar-refractivity contribution is -0.153. The molecule has 40 heavy (non-hydrogen) atoms. The largest absolute Gasteiger partial charge is 0.547 e. The molecule has 16 heteroatoms. The van der Waals surface area contributed by atoms with Gasteiger partial charge in [0.1, 0.15) is 23.2 Å². The molecular formula is C24H24BFN4O10. The van der Waals surface area contributed by atoms with Crippen LogP contribution in [0.15, 0.2) is 30.3 Å². The lowest BCUT2D eigenvalue weighted by Crippen LogP contribution is -2.60. The number of carbonyl (C=O) groups excluding carboxylic acids is 4. The standard InChI is InChI=1S/C24H24BFN4O10/c1-2-29-7-8-30(22(35)21(29)34)24(38)28-18(11-4-6-14(31)15(32)9-11)20(33)27-16-10-12-3-5-13(26)17(23(36)37)19(12)40-25(16)39/h3-6,9,16,18,31-32,39H,2,7-8,10H2,1H3,(H,27,33)(H,28,38)(H,36,37)/t16-,18+/m0/s1. The van der Waals surface area contributed by atoms with Crippen LogP contribution in [0.1, 0.15) is 34.5 Å². The Labute approximate surface area is 226 Å². The zero-order valence-corrected chi connectivity index (χ0v) is 21.0. The van der Waals surface area contributed by atoms with Crippen LogP contribution in [0.3, 0.4) is 0 Å². The number of hydrogen-bond donors (Lipinski definition) is 6. The van der Waals surface area contributed by atoms with Crippen LogP contribution in [0.2, 0.25) is 0 Å². The van der Waals surface area contributed by atoms with Crippen molar-refractivity contribution >= 4 is 36.8 Å². The highest BCUT2D eigenvalue weighted by atomic mass is 19.1. The molecule has 2 aliphatic rings. The Morgan fingerprint density at radius 1 is 1.12 bits per heavy atom. The van der Waals surface area contributed by atoms with Crippen LogP contribution in [-0.4, -0.2) is 92.6 Å². The number of rotatable bonds is 6. The number of halogens is 1. The zero-order valence-electron chi connectivity index (χ0n) is 21.0. The number of hydrogen-bond acceptors (Lipinski definition) is 9. The van der Waals surface area contributed by atoms with Gasteiger partial charge in [-0.2, -0.15) is 0 Å². The highest BCUT2D eigenvalue weighted by Gasteiger charge is 2.41. The number of nitrogens with one attached hydrogen (secondary N) is 2. The molecular weight excluding hydrogens is 534 g/mol. The topological polar surface area (TPSA) is 206 Å². The Kier molecular flexibility index (Phi) is 7.81. The molecule has 2 heterocycles. The third kappa shape index (κ3) is 5.33. The van der Waals surface area contributed by atoms with E-state index in [0.29, 0.717) is 4.90 Å². The lowest BCUT2D eigenvalue weighted by atomic mass is 9.72. The molecule has 0 radical (unpaired) electrons. The molecule has 0 unspecified atom stereocenters. The van der Waals surface area contributed by atoms with Gasteiger partial charge < -0.3 is 40.5 Å². The van der Waals surface area contributed by atoms with E-state index < -0.39 is 77.5 Å². The summed E-state index contributed by atoms with van der Waals surface area (Å²) in [7, 11) is -1.82. The number of carboxylic acid groups (broad SMARTS) is 1. The fourth-order valence-corrected chi connectivity index (χ4v) is 4.42. The smallest absolute Gasteiger partial charge is 0.534 e. The van der Waals surface area contributed by atoms with Gasteiger partial charge in [-0.15, -0.1) is 0 Å². The number of carbonyl (C=O) groups is 5. The van der Waals surface area contributed by atoms with Crippen LogP contribution < -0.4 is 15.3 Å². The van der Waals surface area contributed by atoms with Gasteiger partial charge in [0.05, 0.1) is 5.94 Å². The van der Waals surface area contributed by atoms with Crippen LogP contribution >= 0.6 is 0 Å². The molecule has 0 aromatic heterocycles. The van der Waals surface area contributed by atoms with E-state index in [0.717, 1.165) is 18.2 Å². The summed E-state index contributed by atoms with van der Waals surface area (Å²) in [5.41, 5.74) is -0.641. The lowest BCUT2D eigenvalue weighted by Gasteiger charge is -2.33. The van der Waals surface area contributed by atoms with E-state index in [1.54, 1.807) is 6.92 Å². The Balaban J connectivity index is 1.58. The summed E-state index contributed by atoms with van der Waals surface area (Å²) in [5.74, 6) is -8.39. The number of likely N-dealkylation sites (N-methyl/N-ethyl adjacent to an activating group) is 1. The Hall–Kier alpha value is -4.86. The van der Waals surface area contributed by atoms with Gasteiger partial charge in [-0.3, -0.25) is 19.3 Å². The van der Waals surface area contributed by atoms with Crippen molar-refractivity contribution in [3.63, 3.8) is 0 Å². The summed E-state index contributed by atoms with van der Waals surface area (Å²) in [6.07, 6.45) is -0.184. The van der Waals surface area contributed by atoms with Crippen molar-refractivity contribution in [1.82, 2.24) is 20.4 Å². The summed E-state index contributed by atoms with van der Waals surface area (Å²) < 4.78 is 19.3. The third-order valence-electron chi connectivity index (χ3n) is 6.55. The van der Waals surface area contributed by atoms with E-state index in [-0.39, 0.29) is 37.2 Å². The molecule has 6 N–H and O–H groups in total. The van der Waals surface area contributed by atoms with Gasteiger partial charge in [-0.05, 0) is 42.7 Å². The Morgan fingerprint density at radius 3 is 2.50 bits per heavy atom. The molecule has 0 spiro atoms. The minimum absolute atomic E-state index is 0.0334. The van der Waals surface area contributed by atoms with Gasteiger partial charge in [0, 0.05) is 19.6 Å². The second kappa shape index (κ2) is 11.1. The molecule has 1 fully saturated rings. The number of aromatic hydroxyl groups is 2. The van der Waals surface area contributed by atoms with E-state index in [2.05, 4.69) is 10.6 Å². The number of phenols is 2. The first-order chi connectivity index (χ1) is 18.9. The summed E-state index contributed by atoms with van der Waals surface area (Å²) in [4.78, 5) is 64.5. The van der Waals surface area contributed by atoms with Crippen LogP contribution in [0, 0.1) is 5.82 Å². The van der Waals surface area contributed by atoms with Crippen molar-refractivity contribution < 1.29 is 53.4 Å². The van der Waals surface area contributed by atoms with Crippen molar-refractivity contribution in [3.05, 3.63) is 52.8 Å². The quantitative estimate of drug-likeness (QED) is 0.153. The van der Waals surface area contributed by atoms with E-state index in [9.17, 15) is 48.7 Å². The molecule has 210 valence electrons. The number of imide groups is 1. The van der Waals surface area contributed by atoms with Gasteiger partial charge in [-0.25, -0.2) is 14.0 Å². The first-order valence-corrected chi connectivity index (χ1v) is 12.1. The van der Waals surface area contributed by atoms with Crippen molar-refractivity contribution in [3.8, 4) is 17.2 Å². The Bertz CT molecular complexity index is 1410. The maximum absolute atomic E-state index is 14.0. The van der Waals surface area contributed by atoms with Crippen LogP contribution in [0.5, 0.6) is 17.2 Å². The molecule has 0 bridgehead atoms. The van der Waals surface area contributed by atoms with Crippen LogP contribution in [-0.2, 0) is 20.8 Å². The van der Waals surface area contributed by atoms with Crippen LogP contribution in [0.25, 0.3) is 0 Å². The highest BCUT2D eigenvalue weighted by molar-refractivity contribution is 6.47. The molecule has 4 rings (SSSR count). The summed E-state index contributed by atoms with van der Waals surface area (Å²) >= 11 is 0. The molecule has 2 aromatic carbocycles. The summed E-state index contributed by atoms with van der Waals surface area (Å²) in [6.45, 7) is 1.86. The molecule has 1 saturated heterocycles. The maximum atomic E-state index is 14.0. The number of aromatic carboxylic acids is 1. The Morgan fingerprint density at radius 2 is 1.85 bits per heavy atom. The van der Waals surface area contributed by atoms with Crippen molar-refractivity contribution in [1.29, 1.82) is 0 Å². The first kappa shape index (κ1) is 28.2. The molecule has 14 nitrogen and oxygen atoms in total. The maximum Gasteiger partial charge on any atom is 0.547 e. The number of urea groups is 1. The summed E-state index contributed by atoms with van der Waals surface area (Å²) in [5, 5.41) is 44.2. The fraction of sp³-hybridized carbons (Fsp3) is 0.292. The number of carboxylic acids is 1. The molecule has 0 aliphatic carbocycles. The predicted molar refractivity (Wildman–Crippen MR) is 133 cm³/mol. The van der Waals surface area contributed by atoms with E-state index in [4.69, 9.17) is 4.65 Å². The average molecular weight is 558 g/mol. The SMILES string of the molecule is CCN1CCN(C(=O)N[C@@H](C(=O)N[C@H]2Cc3ccc(F)c(C(=O)O)c3OB2O)c2ccc(O)c(O)c2)C(=O)C1=O. The van der Waals surface area contributed by atoms with Gasteiger partial charge in [0.25, 0.3) is 0 Å². The minimum atomic E-state index is -1.82. The second-order valence-electron chi connectivity index (χ2n) is 9.02. The number of fused-ring (bicyclic) bond motifs is 1. The average Bonchev–Trinajstić information content (AvgIpc) is 2.90. The minimum Gasteiger partial charge on any atom is -0.534 e. The normalized spacial score (nSPS) is 17.6. The van der Waals surface area contributed by atoms with E-state index in [1.165, 1.54) is 17.0 Å². The monoisotopic (exact) mass is 558 g/mol. The van der Waals surface area contributed by atoms with Crippen molar-refractivity contribution in [2.24, 2.45) is 0 Å². The number of phenolic OH excluding ortho intramolecular Hbond substituents is 2. The van der Waals surface area contributed by atoms with Crippen molar-refractivity contribution in [2.75, 3.05) is 19.6 Å². The molecule has 0 saturated carbocycles. The number of amides is 5. The first-order valence-electron chi connectivity index (χ1n) is 12.1.